The molecule has 0 N–H and O–H groups in total. The van der Waals surface area contributed by atoms with Crippen molar-refractivity contribution in [3.8, 4) is 5.69 Å². The summed E-state index contributed by atoms with van der Waals surface area (Å²) in [7, 11) is 2.03. The van der Waals surface area contributed by atoms with Gasteiger partial charge in [-0.2, -0.15) is 0 Å². The molecule has 0 atom stereocenters. The fourth-order valence-electron chi connectivity index (χ4n) is 4.77. The van der Waals surface area contributed by atoms with Crippen LogP contribution in [0.3, 0.4) is 0 Å². The third-order valence-corrected chi connectivity index (χ3v) is 6.15. The van der Waals surface area contributed by atoms with E-state index in [1.54, 1.807) is 0 Å². The summed E-state index contributed by atoms with van der Waals surface area (Å²) in [5.74, 6) is 0. The summed E-state index contributed by atoms with van der Waals surface area (Å²) in [6, 6.07) is 27.6. The summed E-state index contributed by atoms with van der Waals surface area (Å²) in [4.78, 5) is 4.71. The second-order valence-corrected chi connectivity index (χ2v) is 7.82. The lowest BCUT2D eigenvalue weighted by atomic mass is 10.1. The van der Waals surface area contributed by atoms with Gasteiger partial charge in [-0.15, -0.1) is 0 Å². The Morgan fingerprint density at radius 1 is 0.667 bits per heavy atom. The Bertz CT molecular complexity index is 1760. The molecular weight excluding hydrogens is 370 g/mol. The molecular formula is C26H17N3O. The van der Waals surface area contributed by atoms with E-state index in [2.05, 4.69) is 75.9 Å². The first-order chi connectivity index (χ1) is 14.8. The zero-order valence-electron chi connectivity index (χ0n) is 16.3. The SMILES string of the molecule is Cn1cnc2c(-n3c4ccccc4c4cc5oc6ccccc6c5cc43)cccc21. The van der Waals surface area contributed by atoms with Gasteiger partial charge >= 0.3 is 0 Å². The molecule has 7 aromatic rings. The number of nitrogens with zero attached hydrogens (tertiary/aromatic N) is 3. The summed E-state index contributed by atoms with van der Waals surface area (Å²) in [5.41, 5.74) is 7.38. The van der Waals surface area contributed by atoms with E-state index in [0.717, 1.165) is 44.2 Å². The molecule has 0 unspecified atom stereocenters. The van der Waals surface area contributed by atoms with Gasteiger partial charge < -0.3 is 13.6 Å². The molecule has 7 rings (SSSR count). The summed E-state index contributed by atoms with van der Waals surface area (Å²) in [6.45, 7) is 0. The minimum Gasteiger partial charge on any atom is -0.456 e. The first-order valence-corrected chi connectivity index (χ1v) is 10.0. The first-order valence-electron chi connectivity index (χ1n) is 10.0. The van der Waals surface area contributed by atoms with Crippen LogP contribution in [0, 0.1) is 0 Å². The van der Waals surface area contributed by atoms with E-state index >= 15 is 0 Å². The Morgan fingerprint density at radius 3 is 2.40 bits per heavy atom. The van der Waals surface area contributed by atoms with Crippen molar-refractivity contribution in [3.63, 3.8) is 0 Å². The number of hydrogen-bond acceptors (Lipinski definition) is 2. The molecule has 3 heterocycles. The lowest BCUT2D eigenvalue weighted by Gasteiger charge is -2.09. The van der Waals surface area contributed by atoms with Crippen LogP contribution in [0.4, 0.5) is 0 Å². The van der Waals surface area contributed by atoms with Crippen molar-refractivity contribution in [1.29, 1.82) is 0 Å². The Hall–Kier alpha value is -4.05. The van der Waals surface area contributed by atoms with Crippen molar-refractivity contribution in [1.82, 2.24) is 14.1 Å². The van der Waals surface area contributed by atoms with E-state index in [-0.39, 0.29) is 0 Å². The third-order valence-electron chi connectivity index (χ3n) is 6.15. The number of furan rings is 1. The van der Waals surface area contributed by atoms with E-state index in [9.17, 15) is 0 Å². The molecule has 0 aliphatic carbocycles. The molecule has 0 saturated heterocycles. The van der Waals surface area contributed by atoms with Crippen molar-refractivity contribution in [2.75, 3.05) is 0 Å². The number of aromatic nitrogens is 3. The molecule has 0 spiro atoms. The number of aryl methyl sites for hydroxylation is 1. The van der Waals surface area contributed by atoms with Gasteiger partial charge in [0.25, 0.3) is 0 Å². The maximum Gasteiger partial charge on any atom is 0.136 e. The third kappa shape index (κ3) is 1.93. The smallest absolute Gasteiger partial charge is 0.136 e. The zero-order chi connectivity index (χ0) is 19.8. The van der Waals surface area contributed by atoms with Crippen molar-refractivity contribution in [3.05, 3.63) is 85.2 Å². The molecule has 142 valence electrons. The van der Waals surface area contributed by atoms with Crippen molar-refractivity contribution >= 4 is 54.8 Å². The molecule has 4 aromatic carbocycles. The van der Waals surface area contributed by atoms with E-state index in [1.807, 2.05) is 25.5 Å². The average Bonchev–Trinajstić information content (AvgIpc) is 3.44. The van der Waals surface area contributed by atoms with Crippen LogP contribution in [0.1, 0.15) is 0 Å². The quantitative estimate of drug-likeness (QED) is 0.319. The van der Waals surface area contributed by atoms with E-state index in [1.165, 1.54) is 16.3 Å². The molecule has 0 saturated carbocycles. The van der Waals surface area contributed by atoms with Crippen LogP contribution in [-0.4, -0.2) is 14.1 Å². The van der Waals surface area contributed by atoms with Crippen LogP contribution in [0.25, 0.3) is 60.5 Å². The lowest BCUT2D eigenvalue weighted by molar-refractivity contribution is 0.669. The van der Waals surface area contributed by atoms with Gasteiger partial charge in [0.2, 0.25) is 0 Å². The number of fused-ring (bicyclic) bond motifs is 7. The van der Waals surface area contributed by atoms with Gasteiger partial charge in [0.05, 0.1) is 28.6 Å². The van der Waals surface area contributed by atoms with Gasteiger partial charge in [0, 0.05) is 28.6 Å². The van der Waals surface area contributed by atoms with Crippen LogP contribution < -0.4 is 0 Å². The van der Waals surface area contributed by atoms with Gasteiger partial charge in [-0.25, -0.2) is 4.98 Å². The highest BCUT2D eigenvalue weighted by Crippen LogP contribution is 2.38. The fourth-order valence-corrected chi connectivity index (χ4v) is 4.77. The lowest BCUT2D eigenvalue weighted by Crippen LogP contribution is -1.95. The molecule has 0 amide bonds. The number of imidazole rings is 1. The molecule has 0 bridgehead atoms. The molecule has 30 heavy (non-hydrogen) atoms. The number of benzene rings is 4. The predicted octanol–water partition coefficient (Wildman–Crippen LogP) is 6.57. The summed E-state index contributed by atoms with van der Waals surface area (Å²) in [6.07, 6.45) is 1.88. The predicted molar refractivity (Wildman–Crippen MR) is 122 cm³/mol. The maximum absolute atomic E-state index is 6.17. The molecule has 4 nitrogen and oxygen atoms in total. The van der Waals surface area contributed by atoms with Crippen LogP contribution in [0.2, 0.25) is 0 Å². The normalized spacial score (nSPS) is 12.2. The first kappa shape index (κ1) is 15.8. The highest BCUT2D eigenvalue weighted by Gasteiger charge is 2.18. The van der Waals surface area contributed by atoms with Crippen LogP contribution in [0.5, 0.6) is 0 Å². The Balaban J connectivity index is 1.71. The monoisotopic (exact) mass is 387 g/mol. The topological polar surface area (TPSA) is 35.9 Å². The molecule has 0 fully saturated rings. The van der Waals surface area contributed by atoms with Gasteiger partial charge in [0.1, 0.15) is 16.7 Å². The number of rotatable bonds is 1. The molecule has 0 radical (unpaired) electrons. The zero-order valence-corrected chi connectivity index (χ0v) is 16.3. The summed E-state index contributed by atoms with van der Waals surface area (Å²) >= 11 is 0. The van der Waals surface area contributed by atoms with Gasteiger partial charge in [0.15, 0.2) is 0 Å². The van der Waals surface area contributed by atoms with Crippen LogP contribution >= 0.6 is 0 Å². The second-order valence-electron chi connectivity index (χ2n) is 7.82. The minimum atomic E-state index is 0.919. The van der Waals surface area contributed by atoms with Crippen LogP contribution in [0.15, 0.2) is 89.6 Å². The molecule has 0 aliphatic rings. The maximum atomic E-state index is 6.17. The molecule has 0 aliphatic heterocycles. The summed E-state index contributed by atoms with van der Waals surface area (Å²) < 4.78 is 10.6. The largest absolute Gasteiger partial charge is 0.456 e. The van der Waals surface area contributed by atoms with Crippen LogP contribution in [-0.2, 0) is 7.05 Å². The Kier molecular flexibility index (Phi) is 2.91. The number of para-hydroxylation sites is 3. The highest BCUT2D eigenvalue weighted by atomic mass is 16.3. The molecule has 3 aromatic heterocycles. The Morgan fingerprint density at radius 2 is 1.47 bits per heavy atom. The Labute approximate surface area is 171 Å². The van der Waals surface area contributed by atoms with Gasteiger partial charge in [-0.05, 0) is 36.4 Å². The van der Waals surface area contributed by atoms with E-state index in [4.69, 9.17) is 9.40 Å². The van der Waals surface area contributed by atoms with Crippen molar-refractivity contribution in [2.24, 2.45) is 7.05 Å². The number of hydrogen-bond donors (Lipinski definition) is 0. The van der Waals surface area contributed by atoms with Crippen molar-refractivity contribution < 1.29 is 4.42 Å². The van der Waals surface area contributed by atoms with E-state index < -0.39 is 0 Å². The second kappa shape index (κ2) is 5.51. The van der Waals surface area contributed by atoms with Gasteiger partial charge in [-0.3, -0.25) is 0 Å². The minimum absolute atomic E-state index is 0.919. The van der Waals surface area contributed by atoms with E-state index in [0.29, 0.717) is 0 Å². The van der Waals surface area contributed by atoms with Gasteiger partial charge in [-0.1, -0.05) is 42.5 Å². The highest BCUT2D eigenvalue weighted by molar-refractivity contribution is 6.17. The van der Waals surface area contributed by atoms with Crippen molar-refractivity contribution in [2.45, 2.75) is 0 Å². The standard InChI is InChI=1S/C26H17N3O/c1-28-15-27-26-21(28)10-6-11-22(26)29-20-9-4-2-7-16(20)18-14-25-19(13-23(18)29)17-8-3-5-12-24(17)30-25/h2-15H,1H3. The summed E-state index contributed by atoms with van der Waals surface area (Å²) in [5, 5.41) is 4.67. The molecule has 4 heteroatoms. The fraction of sp³-hybridized carbons (Fsp3) is 0.0385. The average molecular weight is 387 g/mol.